The first-order chi connectivity index (χ1) is 9.83. The van der Waals surface area contributed by atoms with Crippen LogP contribution in [0.5, 0.6) is 6.01 Å². The van der Waals surface area contributed by atoms with Gasteiger partial charge in [-0.05, 0) is 0 Å². The minimum absolute atomic E-state index is 0.00673. The number of nitrogens with two attached hydrogens (primary N) is 1. The summed E-state index contributed by atoms with van der Waals surface area (Å²) in [5, 5.41) is 36.8. The minimum Gasteiger partial charge on any atom is -0.468 e. The zero-order valence-corrected chi connectivity index (χ0v) is 11.5. The molecule has 118 valence electrons. The van der Waals surface area contributed by atoms with Gasteiger partial charge in [-0.15, -0.1) is 0 Å². The summed E-state index contributed by atoms with van der Waals surface area (Å²) in [5.74, 6) is -0.212. The van der Waals surface area contributed by atoms with Crippen molar-refractivity contribution in [3.63, 3.8) is 0 Å². The molecule has 0 amide bonds. The average molecular weight is 302 g/mol. The van der Waals surface area contributed by atoms with Crippen molar-refractivity contribution in [1.82, 2.24) is 9.55 Å². The van der Waals surface area contributed by atoms with E-state index in [-0.39, 0.29) is 17.5 Å². The molecule has 0 aliphatic heterocycles. The van der Waals surface area contributed by atoms with Gasteiger partial charge in [0.05, 0.1) is 13.7 Å². The largest absolute Gasteiger partial charge is 0.468 e. The predicted molar refractivity (Wildman–Crippen MR) is 73.7 cm³/mol. The lowest BCUT2D eigenvalue weighted by Crippen LogP contribution is -2.40. The first-order valence-corrected chi connectivity index (χ1v) is 5.93. The molecule has 10 heteroatoms. The zero-order chi connectivity index (χ0) is 16.2. The van der Waals surface area contributed by atoms with E-state index in [1.165, 1.54) is 14.2 Å². The molecule has 0 radical (unpaired) electrons. The Morgan fingerprint density at radius 3 is 2.62 bits per heavy atom. The number of rotatable bonds is 6. The van der Waals surface area contributed by atoms with E-state index in [0.717, 1.165) is 10.8 Å². The van der Waals surface area contributed by atoms with Gasteiger partial charge >= 0.3 is 6.01 Å². The number of hydrogen-bond donors (Lipinski definition) is 5. The molecule has 21 heavy (non-hydrogen) atoms. The van der Waals surface area contributed by atoms with Crippen LogP contribution in [0.15, 0.2) is 9.79 Å². The van der Waals surface area contributed by atoms with E-state index in [0.29, 0.717) is 0 Å². The monoisotopic (exact) mass is 302 g/mol. The third-order valence-corrected chi connectivity index (χ3v) is 2.72. The number of hydrogen-bond acceptors (Lipinski definition) is 9. The predicted octanol–water partition coefficient (Wildman–Crippen LogP) is -2.85. The van der Waals surface area contributed by atoms with Crippen LogP contribution in [0.2, 0.25) is 0 Å². The molecule has 1 heterocycles. The summed E-state index contributed by atoms with van der Waals surface area (Å²) in [5.41, 5.74) is 4.70. The van der Waals surface area contributed by atoms with Crippen molar-refractivity contribution < 1.29 is 25.2 Å². The summed E-state index contributed by atoms with van der Waals surface area (Å²) in [7, 11) is 2.72. The number of aliphatic hydroxyl groups is 4. The third kappa shape index (κ3) is 3.76. The first kappa shape index (κ1) is 17.0. The van der Waals surface area contributed by atoms with E-state index < -0.39 is 30.5 Å². The van der Waals surface area contributed by atoms with Crippen LogP contribution in [0.25, 0.3) is 0 Å². The maximum absolute atomic E-state index is 12.0. The maximum Gasteiger partial charge on any atom is 0.300 e. The Labute approximate surface area is 119 Å². The van der Waals surface area contributed by atoms with Crippen LogP contribution in [0.3, 0.4) is 0 Å². The van der Waals surface area contributed by atoms with E-state index >= 15 is 0 Å². The van der Waals surface area contributed by atoms with Crippen LogP contribution in [-0.4, -0.2) is 68.2 Å². The van der Waals surface area contributed by atoms with Crippen molar-refractivity contribution in [2.24, 2.45) is 12.0 Å². The molecule has 0 saturated carbocycles. The van der Waals surface area contributed by atoms with Crippen molar-refractivity contribution in [1.29, 1.82) is 0 Å². The van der Waals surface area contributed by atoms with Crippen molar-refractivity contribution in [3.05, 3.63) is 10.4 Å². The number of methoxy groups -OCH3 is 1. The number of ether oxygens (including phenoxy) is 1. The number of nitrogen functional groups attached to an aromatic ring is 1. The van der Waals surface area contributed by atoms with Crippen molar-refractivity contribution in [3.8, 4) is 6.01 Å². The maximum atomic E-state index is 12.0. The zero-order valence-electron chi connectivity index (χ0n) is 11.5. The number of nitrogens with zero attached hydrogens (tertiary/aromatic N) is 3. The summed E-state index contributed by atoms with van der Waals surface area (Å²) in [6.45, 7) is -0.736. The molecule has 0 spiro atoms. The quantitative estimate of drug-likeness (QED) is 0.350. The van der Waals surface area contributed by atoms with E-state index in [1.54, 1.807) is 0 Å². The third-order valence-electron chi connectivity index (χ3n) is 2.72. The molecule has 0 aliphatic rings. The normalized spacial score (nSPS) is 15.9. The smallest absolute Gasteiger partial charge is 0.300 e. The molecule has 1 rings (SSSR count). The van der Waals surface area contributed by atoms with Gasteiger partial charge in [-0.2, -0.15) is 4.98 Å². The number of anilines is 1. The Bertz CT molecular complexity index is 573. The molecule has 10 nitrogen and oxygen atoms in total. The standard InChI is InChI=1S/C11H18N4O6/c1-15-10(20)7(9(12)14-11(15)21-2)13-3-5(17)8(19)6(18)4-16/h3,5-6,8,16-19H,4,12H2,1-2H3/t5-,6-,8-/m1/s1. The van der Waals surface area contributed by atoms with Gasteiger partial charge in [0.15, 0.2) is 11.5 Å². The van der Waals surface area contributed by atoms with Gasteiger partial charge in [-0.25, -0.2) is 4.99 Å². The van der Waals surface area contributed by atoms with Crippen molar-refractivity contribution in [2.45, 2.75) is 18.3 Å². The van der Waals surface area contributed by atoms with Crippen LogP contribution in [0.4, 0.5) is 11.5 Å². The molecule has 1 aromatic rings. The van der Waals surface area contributed by atoms with Gasteiger partial charge in [-0.1, -0.05) is 0 Å². The van der Waals surface area contributed by atoms with Crippen molar-refractivity contribution >= 4 is 17.7 Å². The molecular weight excluding hydrogens is 284 g/mol. The molecule has 6 N–H and O–H groups in total. The Hall–Kier alpha value is -2.01. The molecular formula is C11H18N4O6. The Kier molecular flexibility index (Phi) is 5.79. The van der Waals surface area contributed by atoms with Gasteiger partial charge < -0.3 is 30.9 Å². The SMILES string of the molecule is COc1nc(N)c(N=C[C@@H](O)[C@@H](O)[C@H](O)CO)c(=O)n1C. The lowest BCUT2D eigenvalue weighted by molar-refractivity contribution is -0.0541. The van der Waals surface area contributed by atoms with Crippen LogP contribution >= 0.6 is 0 Å². The van der Waals surface area contributed by atoms with Gasteiger partial charge in [0.25, 0.3) is 5.56 Å². The highest BCUT2D eigenvalue weighted by Crippen LogP contribution is 2.17. The van der Waals surface area contributed by atoms with Gasteiger partial charge in [0.1, 0.15) is 18.3 Å². The van der Waals surface area contributed by atoms with E-state index in [9.17, 15) is 20.1 Å². The van der Waals surface area contributed by atoms with Crippen LogP contribution in [0, 0.1) is 0 Å². The minimum atomic E-state index is -1.66. The molecule has 0 aromatic carbocycles. The number of aromatic nitrogens is 2. The average Bonchev–Trinajstić information content (AvgIpc) is 2.48. The van der Waals surface area contributed by atoms with Gasteiger partial charge in [0, 0.05) is 13.3 Å². The summed E-state index contributed by atoms with van der Waals surface area (Å²) in [4.78, 5) is 19.4. The molecule has 0 aliphatic carbocycles. The fourth-order valence-corrected chi connectivity index (χ4v) is 1.46. The highest BCUT2D eigenvalue weighted by Gasteiger charge is 2.23. The van der Waals surface area contributed by atoms with Crippen molar-refractivity contribution in [2.75, 3.05) is 19.5 Å². The Balaban J connectivity index is 3.06. The lowest BCUT2D eigenvalue weighted by atomic mass is 10.1. The lowest BCUT2D eigenvalue weighted by Gasteiger charge is -2.18. The molecule has 0 saturated heterocycles. The molecule has 3 atom stereocenters. The second kappa shape index (κ2) is 7.13. The number of aliphatic hydroxyl groups excluding tert-OH is 4. The fraction of sp³-hybridized carbons (Fsp3) is 0.545. The highest BCUT2D eigenvalue weighted by molar-refractivity contribution is 5.71. The van der Waals surface area contributed by atoms with Gasteiger partial charge in [0.2, 0.25) is 0 Å². The summed E-state index contributed by atoms with van der Waals surface area (Å²) < 4.78 is 5.91. The highest BCUT2D eigenvalue weighted by atomic mass is 16.5. The fourth-order valence-electron chi connectivity index (χ4n) is 1.46. The van der Waals surface area contributed by atoms with Crippen LogP contribution in [-0.2, 0) is 7.05 Å². The summed E-state index contributed by atoms with van der Waals surface area (Å²) >= 11 is 0. The molecule has 0 bridgehead atoms. The molecule has 1 aromatic heterocycles. The van der Waals surface area contributed by atoms with Gasteiger partial charge in [-0.3, -0.25) is 9.36 Å². The van der Waals surface area contributed by atoms with Crippen LogP contribution < -0.4 is 16.0 Å². The Morgan fingerprint density at radius 1 is 1.48 bits per heavy atom. The van der Waals surface area contributed by atoms with E-state index in [1.807, 2.05) is 0 Å². The Morgan fingerprint density at radius 2 is 2.10 bits per heavy atom. The molecule has 0 fully saturated rings. The number of aliphatic imine (C=N–C) groups is 1. The topological polar surface area (TPSA) is 163 Å². The second-order valence-corrected chi connectivity index (χ2v) is 4.21. The molecule has 0 unspecified atom stereocenters. The summed E-state index contributed by atoms with van der Waals surface area (Å²) in [6.07, 6.45) is -3.97. The first-order valence-electron chi connectivity index (χ1n) is 5.93. The van der Waals surface area contributed by atoms with E-state index in [2.05, 4.69) is 9.98 Å². The van der Waals surface area contributed by atoms with E-state index in [4.69, 9.17) is 15.6 Å². The van der Waals surface area contributed by atoms with Crippen LogP contribution in [0.1, 0.15) is 0 Å². The second-order valence-electron chi connectivity index (χ2n) is 4.21. The summed E-state index contributed by atoms with van der Waals surface area (Å²) in [6, 6.07) is -0.00673.